The van der Waals surface area contributed by atoms with Gasteiger partial charge in [0.2, 0.25) is 0 Å². The molecule has 2 aromatic carbocycles. The smallest absolute Gasteiger partial charge is 0.272 e. The van der Waals surface area contributed by atoms with Gasteiger partial charge in [0.25, 0.3) is 5.91 Å². The number of benzene rings is 2. The molecule has 116 valence electrons. The van der Waals surface area contributed by atoms with Crippen LogP contribution in [0.25, 0.3) is 0 Å². The first-order chi connectivity index (χ1) is 11.1. The Morgan fingerprint density at radius 1 is 1.35 bits per heavy atom. The number of terminal acetylenes is 1. The van der Waals surface area contributed by atoms with Gasteiger partial charge in [0.05, 0.1) is 16.8 Å². The van der Waals surface area contributed by atoms with Crippen molar-refractivity contribution in [3.05, 3.63) is 64.2 Å². The molecule has 0 heterocycles. The monoisotopic (exact) mass is 326 g/mol. The Morgan fingerprint density at radius 3 is 2.74 bits per heavy atom. The van der Waals surface area contributed by atoms with Crippen molar-refractivity contribution in [3.63, 3.8) is 0 Å². The molecule has 4 nitrogen and oxygen atoms in total. The Morgan fingerprint density at radius 2 is 2.09 bits per heavy atom. The maximum Gasteiger partial charge on any atom is 0.272 e. The van der Waals surface area contributed by atoms with Crippen molar-refractivity contribution < 1.29 is 9.53 Å². The summed E-state index contributed by atoms with van der Waals surface area (Å²) >= 11 is 6.04. The lowest BCUT2D eigenvalue weighted by molar-refractivity contribution is 0.0955. The van der Waals surface area contributed by atoms with E-state index in [4.69, 9.17) is 22.8 Å². The number of carbonyl (C=O) groups excluding carboxylic acids is 1. The first-order valence-corrected chi connectivity index (χ1v) is 7.24. The van der Waals surface area contributed by atoms with Crippen LogP contribution >= 0.6 is 11.6 Å². The van der Waals surface area contributed by atoms with Gasteiger partial charge in [-0.15, -0.1) is 6.42 Å². The quantitative estimate of drug-likeness (QED) is 0.520. The molecule has 0 aliphatic heterocycles. The van der Waals surface area contributed by atoms with Crippen LogP contribution in [0.5, 0.6) is 5.75 Å². The number of hydrazone groups is 1. The van der Waals surface area contributed by atoms with Gasteiger partial charge < -0.3 is 4.74 Å². The summed E-state index contributed by atoms with van der Waals surface area (Å²) in [6, 6.07) is 12.4. The first-order valence-electron chi connectivity index (χ1n) is 6.86. The maximum atomic E-state index is 12.0. The fraction of sp³-hybridized carbons (Fsp3) is 0.111. The summed E-state index contributed by atoms with van der Waals surface area (Å²) in [5.41, 5.74) is 4.63. The van der Waals surface area contributed by atoms with Crippen LogP contribution < -0.4 is 10.2 Å². The van der Waals surface area contributed by atoms with E-state index in [9.17, 15) is 4.79 Å². The number of amides is 1. The van der Waals surface area contributed by atoms with Crippen LogP contribution in [-0.2, 0) is 0 Å². The van der Waals surface area contributed by atoms with Crippen molar-refractivity contribution in [2.75, 3.05) is 6.61 Å². The Bertz CT molecular complexity index is 762. The molecule has 0 radical (unpaired) electrons. The number of hydrogen-bond acceptors (Lipinski definition) is 3. The average molecular weight is 327 g/mol. The largest absolute Gasteiger partial charge is 0.481 e. The lowest BCUT2D eigenvalue weighted by atomic mass is 10.1. The number of aryl methyl sites for hydroxylation is 1. The van der Waals surface area contributed by atoms with Crippen LogP contribution in [0.2, 0.25) is 5.02 Å². The molecule has 0 fully saturated rings. The van der Waals surface area contributed by atoms with Gasteiger partial charge in [-0.25, -0.2) is 5.43 Å². The fourth-order valence-corrected chi connectivity index (χ4v) is 2.13. The predicted octanol–water partition coefficient (Wildman–Crippen LogP) is 3.42. The van der Waals surface area contributed by atoms with Crippen molar-refractivity contribution in [1.29, 1.82) is 0 Å². The first kappa shape index (κ1) is 16.6. The highest BCUT2D eigenvalue weighted by Crippen LogP contribution is 2.17. The molecule has 5 heteroatoms. The number of nitrogens with zero attached hydrogens (tertiary/aromatic N) is 1. The third-order valence-corrected chi connectivity index (χ3v) is 3.26. The van der Waals surface area contributed by atoms with E-state index in [0.29, 0.717) is 16.3 Å². The zero-order chi connectivity index (χ0) is 16.7. The van der Waals surface area contributed by atoms with Crippen molar-refractivity contribution in [1.82, 2.24) is 5.43 Å². The minimum Gasteiger partial charge on any atom is -0.481 e. The SMILES string of the molecule is C#CCOc1ccc(/C=N\NC(=O)c2ccc(C)cc2Cl)cc1. The molecule has 2 aromatic rings. The molecule has 0 bridgehead atoms. The van der Waals surface area contributed by atoms with E-state index < -0.39 is 0 Å². The standard InChI is InChI=1S/C18H15ClN2O2/c1-3-10-23-15-7-5-14(6-8-15)12-20-21-18(22)16-9-4-13(2)11-17(16)19/h1,4-9,11-12H,10H2,2H3,(H,21,22)/b20-12-. The van der Waals surface area contributed by atoms with Gasteiger partial charge in [-0.05, 0) is 54.4 Å². The molecule has 0 aliphatic carbocycles. The van der Waals surface area contributed by atoms with Gasteiger partial charge in [0.15, 0.2) is 0 Å². The zero-order valence-electron chi connectivity index (χ0n) is 12.5. The second-order valence-corrected chi connectivity index (χ2v) is 5.15. The van der Waals surface area contributed by atoms with Crippen LogP contribution in [0.1, 0.15) is 21.5 Å². The second-order valence-electron chi connectivity index (χ2n) is 4.74. The second kappa shape index (κ2) is 8.02. The van der Waals surface area contributed by atoms with Crippen LogP contribution in [0.4, 0.5) is 0 Å². The van der Waals surface area contributed by atoms with Gasteiger partial charge in [-0.3, -0.25) is 4.79 Å². The highest BCUT2D eigenvalue weighted by Gasteiger charge is 2.08. The lowest BCUT2D eigenvalue weighted by Crippen LogP contribution is -2.18. The minimum atomic E-state index is -0.361. The molecule has 0 unspecified atom stereocenters. The highest BCUT2D eigenvalue weighted by molar-refractivity contribution is 6.33. The fourth-order valence-electron chi connectivity index (χ4n) is 1.81. The number of hydrogen-bond donors (Lipinski definition) is 1. The van der Waals surface area contributed by atoms with E-state index in [1.54, 1.807) is 36.4 Å². The molecule has 0 spiro atoms. The van der Waals surface area contributed by atoms with Crippen molar-refractivity contribution in [2.45, 2.75) is 6.92 Å². The zero-order valence-corrected chi connectivity index (χ0v) is 13.3. The highest BCUT2D eigenvalue weighted by atomic mass is 35.5. The predicted molar refractivity (Wildman–Crippen MR) is 92.0 cm³/mol. The number of halogens is 1. The Kier molecular flexibility index (Phi) is 5.79. The van der Waals surface area contributed by atoms with E-state index in [0.717, 1.165) is 11.1 Å². The Labute approximate surface area is 140 Å². The van der Waals surface area contributed by atoms with E-state index in [1.165, 1.54) is 6.21 Å². The molecular formula is C18H15ClN2O2. The van der Waals surface area contributed by atoms with E-state index in [-0.39, 0.29) is 12.5 Å². The van der Waals surface area contributed by atoms with Gasteiger partial charge in [-0.1, -0.05) is 23.6 Å². The number of ether oxygens (including phenoxy) is 1. The molecule has 23 heavy (non-hydrogen) atoms. The van der Waals surface area contributed by atoms with Crippen LogP contribution in [0, 0.1) is 19.3 Å². The summed E-state index contributed by atoms with van der Waals surface area (Å²) in [7, 11) is 0. The Balaban J connectivity index is 1.95. The summed E-state index contributed by atoms with van der Waals surface area (Å²) in [5.74, 6) is 2.71. The molecule has 0 saturated heterocycles. The minimum absolute atomic E-state index is 0.223. The topological polar surface area (TPSA) is 50.7 Å². The lowest BCUT2D eigenvalue weighted by Gasteiger charge is -2.04. The van der Waals surface area contributed by atoms with E-state index in [2.05, 4.69) is 16.4 Å². The van der Waals surface area contributed by atoms with E-state index in [1.807, 2.05) is 13.0 Å². The molecule has 1 amide bonds. The summed E-state index contributed by atoms with van der Waals surface area (Å²) < 4.78 is 5.27. The molecule has 0 aromatic heterocycles. The number of nitrogens with one attached hydrogen (secondary N) is 1. The van der Waals surface area contributed by atoms with Crippen LogP contribution in [0.15, 0.2) is 47.6 Å². The van der Waals surface area contributed by atoms with Gasteiger partial charge in [0.1, 0.15) is 12.4 Å². The molecule has 0 atom stereocenters. The molecule has 0 aliphatic rings. The maximum absolute atomic E-state index is 12.0. The van der Waals surface area contributed by atoms with E-state index >= 15 is 0 Å². The van der Waals surface area contributed by atoms with Gasteiger partial charge in [-0.2, -0.15) is 5.10 Å². The van der Waals surface area contributed by atoms with Crippen molar-refractivity contribution >= 4 is 23.7 Å². The average Bonchev–Trinajstić information content (AvgIpc) is 2.54. The normalized spacial score (nSPS) is 10.3. The summed E-state index contributed by atoms with van der Waals surface area (Å²) in [6.07, 6.45) is 6.65. The van der Waals surface area contributed by atoms with Gasteiger partial charge in [0, 0.05) is 0 Å². The molecular weight excluding hydrogens is 312 g/mol. The Hall–Kier alpha value is -2.77. The summed E-state index contributed by atoms with van der Waals surface area (Å²) in [6.45, 7) is 2.13. The summed E-state index contributed by atoms with van der Waals surface area (Å²) in [5, 5.41) is 4.31. The molecule has 1 N–H and O–H groups in total. The number of rotatable bonds is 5. The van der Waals surface area contributed by atoms with Crippen molar-refractivity contribution in [3.8, 4) is 18.1 Å². The molecule has 0 saturated carbocycles. The third-order valence-electron chi connectivity index (χ3n) is 2.95. The third kappa shape index (κ3) is 4.87. The summed E-state index contributed by atoms with van der Waals surface area (Å²) in [4.78, 5) is 12.0. The molecule has 2 rings (SSSR count). The van der Waals surface area contributed by atoms with Gasteiger partial charge >= 0.3 is 0 Å². The van der Waals surface area contributed by atoms with Crippen LogP contribution in [-0.4, -0.2) is 18.7 Å². The van der Waals surface area contributed by atoms with Crippen LogP contribution in [0.3, 0.4) is 0 Å². The van der Waals surface area contributed by atoms with Crippen molar-refractivity contribution in [2.24, 2.45) is 5.10 Å². The number of carbonyl (C=O) groups is 1.